The molecule has 3 heteroatoms. The first-order valence-electron chi connectivity index (χ1n) is 2.76. The summed E-state index contributed by atoms with van der Waals surface area (Å²) in [5.41, 5.74) is 1.28. The van der Waals surface area contributed by atoms with Crippen LogP contribution in [0.2, 0.25) is 0 Å². The molecule has 0 saturated heterocycles. The quantitative estimate of drug-likeness (QED) is 0.494. The summed E-state index contributed by atoms with van der Waals surface area (Å²) >= 11 is 1.70. The molecule has 0 amide bonds. The molecule has 0 radical (unpaired) electrons. The third-order valence-electron chi connectivity index (χ3n) is 1.01. The first kappa shape index (κ1) is 6.74. The summed E-state index contributed by atoms with van der Waals surface area (Å²) < 4.78 is 0. The third-order valence-corrected chi connectivity index (χ3v) is 1.74. The number of hydrazine groups is 1. The van der Waals surface area contributed by atoms with E-state index in [2.05, 4.69) is 16.8 Å². The minimum Gasteiger partial charge on any atom is -0.269 e. The zero-order valence-corrected chi connectivity index (χ0v) is 6.19. The second-order valence-electron chi connectivity index (χ2n) is 2.05. The van der Waals surface area contributed by atoms with Crippen molar-refractivity contribution in [2.24, 2.45) is 5.84 Å². The molecule has 0 bridgehead atoms. The van der Waals surface area contributed by atoms with Crippen LogP contribution in [0.3, 0.4) is 0 Å². The minimum absolute atomic E-state index is 0.837. The molecule has 0 aliphatic carbocycles. The molecule has 9 heavy (non-hydrogen) atoms. The fourth-order valence-electron chi connectivity index (χ4n) is 0.671. The van der Waals surface area contributed by atoms with Crippen molar-refractivity contribution in [3.63, 3.8) is 0 Å². The van der Waals surface area contributed by atoms with Gasteiger partial charge in [-0.2, -0.15) is 11.3 Å². The highest BCUT2D eigenvalue weighted by Crippen LogP contribution is 2.05. The highest BCUT2D eigenvalue weighted by molar-refractivity contribution is 7.07. The monoisotopic (exact) mass is 142 g/mol. The first-order chi connectivity index (χ1) is 4.29. The molecule has 0 saturated carbocycles. The Bertz CT molecular complexity index is 158. The number of hydrogen-bond acceptors (Lipinski definition) is 3. The van der Waals surface area contributed by atoms with Crippen LogP contribution in [0.15, 0.2) is 16.8 Å². The Morgan fingerprint density at radius 1 is 1.78 bits per heavy atom. The summed E-state index contributed by atoms with van der Waals surface area (Å²) in [4.78, 5) is 0. The van der Waals surface area contributed by atoms with Crippen molar-refractivity contribution < 1.29 is 0 Å². The summed E-state index contributed by atoms with van der Waals surface area (Å²) in [5.74, 6) is 5.42. The largest absolute Gasteiger partial charge is 0.269 e. The van der Waals surface area contributed by atoms with E-state index in [1.807, 2.05) is 7.05 Å². The molecule has 1 rings (SSSR count). The van der Waals surface area contributed by atoms with E-state index in [1.54, 1.807) is 16.3 Å². The summed E-state index contributed by atoms with van der Waals surface area (Å²) in [5, 5.41) is 5.82. The molecule has 50 valence electrons. The number of nitrogens with zero attached hydrogens (tertiary/aromatic N) is 1. The number of hydrogen-bond donors (Lipinski definition) is 1. The fraction of sp³-hybridized carbons (Fsp3) is 0.333. The summed E-state index contributed by atoms with van der Waals surface area (Å²) in [6.45, 7) is 0.837. The maximum absolute atomic E-state index is 5.42. The molecule has 0 aliphatic rings. The Balaban J connectivity index is 2.48. The van der Waals surface area contributed by atoms with Gasteiger partial charge in [0.1, 0.15) is 0 Å². The van der Waals surface area contributed by atoms with Crippen LogP contribution in [0.25, 0.3) is 0 Å². The average molecular weight is 142 g/mol. The van der Waals surface area contributed by atoms with Gasteiger partial charge in [0.25, 0.3) is 0 Å². The Labute approximate surface area is 58.9 Å². The van der Waals surface area contributed by atoms with Crippen LogP contribution in [0.4, 0.5) is 0 Å². The van der Waals surface area contributed by atoms with Crippen LogP contribution < -0.4 is 5.84 Å². The maximum Gasteiger partial charge on any atom is 0.0384 e. The zero-order chi connectivity index (χ0) is 6.69. The lowest BCUT2D eigenvalue weighted by Gasteiger charge is -2.05. The zero-order valence-electron chi connectivity index (χ0n) is 5.37. The smallest absolute Gasteiger partial charge is 0.0384 e. The van der Waals surface area contributed by atoms with Crippen LogP contribution in [0.1, 0.15) is 5.56 Å². The standard InChI is InChI=1S/C6H10N2S/c1-8(7)4-6-2-3-9-5-6/h2-3,5H,4,7H2,1H3. The van der Waals surface area contributed by atoms with Gasteiger partial charge in [-0.25, -0.2) is 5.01 Å². The highest BCUT2D eigenvalue weighted by Gasteiger charge is 1.92. The van der Waals surface area contributed by atoms with Crippen molar-refractivity contribution in [2.45, 2.75) is 6.54 Å². The van der Waals surface area contributed by atoms with E-state index in [0.29, 0.717) is 0 Å². The molecule has 1 aromatic heterocycles. The fourth-order valence-corrected chi connectivity index (χ4v) is 1.33. The topological polar surface area (TPSA) is 29.3 Å². The normalized spacial score (nSPS) is 10.6. The van der Waals surface area contributed by atoms with Gasteiger partial charge < -0.3 is 0 Å². The lowest BCUT2D eigenvalue weighted by Crippen LogP contribution is -2.24. The predicted molar refractivity (Wildman–Crippen MR) is 40.0 cm³/mol. The number of thiophene rings is 1. The van der Waals surface area contributed by atoms with E-state index < -0.39 is 0 Å². The Hall–Kier alpha value is -0.380. The Morgan fingerprint density at radius 2 is 2.56 bits per heavy atom. The molecular weight excluding hydrogens is 132 g/mol. The van der Waals surface area contributed by atoms with Crippen LogP contribution in [0.5, 0.6) is 0 Å². The number of nitrogens with two attached hydrogens (primary N) is 1. The average Bonchev–Trinajstić information content (AvgIpc) is 2.15. The molecular formula is C6H10N2S. The van der Waals surface area contributed by atoms with E-state index >= 15 is 0 Å². The Kier molecular flexibility index (Phi) is 2.22. The molecule has 1 heterocycles. The lowest BCUT2D eigenvalue weighted by molar-refractivity contribution is 0.342. The minimum atomic E-state index is 0.837. The SMILES string of the molecule is CN(N)Cc1ccsc1. The predicted octanol–water partition coefficient (Wildman–Crippen LogP) is 1.05. The van der Waals surface area contributed by atoms with Crippen LogP contribution >= 0.6 is 11.3 Å². The van der Waals surface area contributed by atoms with E-state index in [9.17, 15) is 0 Å². The van der Waals surface area contributed by atoms with Gasteiger partial charge in [-0.3, -0.25) is 5.84 Å². The van der Waals surface area contributed by atoms with E-state index in [1.165, 1.54) is 5.56 Å². The lowest BCUT2D eigenvalue weighted by atomic mass is 10.3. The summed E-state index contributed by atoms with van der Waals surface area (Å²) in [7, 11) is 1.86. The molecule has 2 N–H and O–H groups in total. The van der Waals surface area contributed by atoms with Crippen molar-refractivity contribution in [1.29, 1.82) is 0 Å². The molecule has 1 aromatic rings. The third kappa shape index (κ3) is 2.13. The van der Waals surface area contributed by atoms with Crippen molar-refractivity contribution in [2.75, 3.05) is 7.05 Å². The van der Waals surface area contributed by atoms with Gasteiger partial charge in [-0.15, -0.1) is 0 Å². The molecule has 0 aromatic carbocycles. The van der Waals surface area contributed by atoms with E-state index in [-0.39, 0.29) is 0 Å². The molecule has 0 unspecified atom stereocenters. The van der Waals surface area contributed by atoms with Crippen LogP contribution in [0, 0.1) is 0 Å². The summed E-state index contributed by atoms with van der Waals surface area (Å²) in [6, 6.07) is 2.08. The van der Waals surface area contributed by atoms with Gasteiger partial charge in [0, 0.05) is 13.6 Å². The van der Waals surface area contributed by atoms with Gasteiger partial charge in [0.15, 0.2) is 0 Å². The maximum atomic E-state index is 5.42. The van der Waals surface area contributed by atoms with Gasteiger partial charge >= 0.3 is 0 Å². The van der Waals surface area contributed by atoms with Crippen molar-refractivity contribution in [1.82, 2.24) is 5.01 Å². The van der Waals surface area contributed by atoms with Gasteiger partial charge in [-0.1, -0.05) is 0 Å². The highest BCUT2D eigenvalue weighted by atomic mass is 32.1. The van der Waals surface area contributed by atoms with E-state index in [4.69, 9.17) is 5.84 Å². The van der Waals surface area contributed by atoms with Crippen molar-refractivity contribution in [3.05, 3.63) is 22.4 Å². The first-order valence-corrected chi connectivity index (χ1v) is 3.70. The van der Waals surface area contributed by atoms with Crippen LogP contribution in [-0.2, 0) is 6.54 Å². The molecule has 0 aliphatic heterocycles. The number of rotatable bonds is 2. The summed E-state index contributed by atoms with van der Waals surface area (Å²) in [6.07, 6.45) is 0. The molecule has 2 nitrogen and oxygen atoms in total. The van der Waals surface area contributed by atoms with Gasteiger partial charge in [0.05, 0.1) is 0 Å². The second-order valence-corrected chi connectivity index (χ2v) is 2.83. The van der Waals surface area contributed by atoms with Gasteiger partial charge in [0.2, 0.25) is 0 Å². The van der Waals surface area contributed by atoms with E-state index in [0.717, 1.165) is 6.54 Å². The molecule has 0 spiro atoms. The van der Waals surface area contributed by atoms with Gasteiger partial charge in [-0.05, 0) is 22.4 Å². The van der Waals surface area contributed by atoms with Crippen molar-refractivity contribution >= 4 is 11.3 Å². The second kappa shape index (κ2) is 2.96. The Morgan fingerprint density at radius 3 is 3.00 bits per heavy atom. The molecule has 0 fully saturated rings. The van der Waals surface area contributed by atoms with Crippen LogP contribution in [-0.4, -0.2) is 12.1 Å². The molecule has 0 atom stereocenters. The van der Waals surface area contributed by atoms with Crippen molar-refractivity contribution in [3.8, 4) is 0 Å².